The number of sulfonamides is 1. The Morgan fingerprint density at radius 1 is 1.15 bits per heavy atom. The van der Waals surface area contributed by atoms with Gasteiger partial charge in [0.2, 0.25) is 5.06 Å². The van der Waals surface area contributed by atoms with Gasteiger partial charge in [0.1, 0.15) is 11.5 Å². The monoisotopic (exact) mass is 407 g/mol. The molecule has 140 valence electrons. The van der Waals surface area contributed by atoms with Crippen molar-refractivity contribution in [1.82, 2.24) is 0 Å². The molecule has 0 atom stereocenters. The minimum absolute atomic E-state index is 0.0462. The third kappa shape index (κ3) is 4.09. The van der Waals surface area contributed by atoms with Crippen LogP contribution < -0.4 is 9.46 Å². The van der Waals surface area contributed by atoms with E-state index in [0.29, 0.717) is 10.4 Å². The van der Waals surface area contributed by atoms with E-state index >= 15 is 0 Å². The minimum atomic E-state index is -3.99. The molecule has 0 fully saturated rings. The minimum Gasteiger partial charge on any atom is -0.449 e. The number of carbonyl (C=O) groups is 1. The van der Waals surface area contributed by atoms with Gasteiger partial charge in [0.25, 0.3) is 10.0 Å². The number of ether oxygens (including phenoxy) is 1. The number of hydrogen-bond acceptors (Lipinski definition) is 5. The Balaban J connectivity index is 2.05. The molecule has 27 heavy (non-hydrogen) atoms. The predicted molar refractivity (Wildman–Crippen MR) is 100 cm³/mol. The maximum atomic E-state index is 14.0. The number of thiophene rings is 1. The number of carboxylic acid groups (broad SMARTS) is 1. The first-order valence-electron chi connectivity index (χ1n) is 7.66. The second-order valence-electron chi connectivity index (χ2n) is 5.53. The second-order valence-corrected chi connectivity index (χ2v) is 8.20. The highest BCUT2D eigenvalue weighted by Crippen LogP contribution is 2.42. The van der Waals surface area contributed by atoms with Crippen LogP contribution >= 0.6 is 11.3 Å². The van der Waals surface area contributed by atoms with E-state index in [4.69, 9.17) is 5.11 Å². The number of hydrogen-bond donors (Lipinski definition) is 2. The number of rotatable bonds is 5. The number of aryl methyl sites for hydroxylation is 1. The van der Waals surface area contributed by atoms with E-state index in [-0.39, 0.29) is 21.2 Å². The van der Waals surface area contributed by atoms with Gasteiger partial charge in [-0.05, 0) is 30.7 Å². The molecule has 3 rings (SSSR count). The first-order valence-corrected chi connectivity index (χ1v) is 9.96. The fraction of sp³-hybridized carbons (Fsp3) is 0.0556. The van der Waals surface area contributed by atoms with Crippen LogP contribution in [0.3, 0.4) is 0 Å². The number of anilines is 1. The lowest BCUT2D eigenvalue weighted by Crippen LogP contribution is -2.15. The van der Waals surface area contributed by atoms with Crippen LogP contribution in [0.2, 0.25) is 0 Å². The lowest BCUT2D eigenvalue weighted by atomic mass is 10.2. The van der Waals surface area contributed by atoms with Gasteiger partial charge in [0, 0.05) is 10.4 Å². The third-order valence-corrected chi connectivity index (χ3v) is 6.22. The molecule has 0 radical (unpaired) electrons. The number of nitrogens with one attached hydrogen (secondary N) is 1. The molecule has 1 aromatic heterocycles. The largest absolute Gasteiger partial charge is 0.512 e. The van der Waals surface area contributed by atoms with Crippen molar-refractivity contribution in [3.05, 3.63) is 66.0 Å². The molecule has 0 aliphatic carbocycles. The van der Waals surface area contributed by atoms with E-state index in [2.05, 4.69) is 9.46 Å². The lowest BCUT2D eigenvalue weighted by Gasteiger charge is -2.10. The molecule has 0 aliphatic rings. The number of halogens is 1. The maximum Gasteiger partial charge on any atom is 0.512 e. The molecule has 0 saturated heterocycles. The summed E-state index contributed by atoms with van der Waals surface area (Å²) < 4.78 is 46.4. The van der Waals surface area contributed by atoms with Gasteiger partial charge in [-0.15, -0.1) is 0 Å². The zero-order chi connectivity index (χ0) is 19.6. The van der Waals surface area contributed by atoms with Crippen molar-refractivity contribution in [2.45, 2.75) is 11.8 Å². The Labute approximate surface area is 158 Å². The van der Waals surface area contributed by atoms with E-state index in [1.807, 2.05) is 0 Å². The van der Waals surface area contributed by atoms with Crippen molar-refractivity contribution in [3.63, 3.8) is 0 Å². The first-order chi connectivity index (χ1) is 12.8. The summed E-state index contributed by atoms with van der Waals surface area (Å²) in [4.78, 5) is 11.3. The topological polar surface area (TPSA) is 92.7 Å². The Kier molecular flexibility index (Phi) is 5.15. The summed E-state index contributed by atoms with van der Waals surface area (Å²) >= 11 is 0.825. The highest BCUT2D eigenvalue weighted by molar-refractivity contribution is 7.92. The summed E-state index contributed by atoms with van der Waals surface area (Å²) in [7, 11) is -3.99. The van der Waals surface area contributed by atoms with E-state index in [1.165, 1.54) is 30.3 Å². The summed E-state index contributed by atoms with van der Waals surface area (Å²) in [6.07, 6.45) is -1.60. The van der Waals surface area contributed by atoms with Gasteiger partial charge in [0.15, 0.2) is 0 Å². The van der Waals surface area contributed by atoms with E-state index in [0.717, 1.165) is 11.3 Å². The average Bonchev–Trinajstić information content (AvgIpc) is 2.96. The van der Waals surface area contributed by atoms with Gasteiger partial charge >= 0.3 is 6.16 Å². The van der Waals surface area contributed by atoms with Crippen LogP contribution in [0.1, 0.15) is 5.56 Å². The standard InChI is InChI=1S/C18H14FNO5S2/c1-11-6-2-5-9-16(11)27(23,24)20-14-10-15(26-17(14)25-18(21)22)12-7-3-4-8-13(12)19/h2-10,20H,1H3,(H,21,22). The molecular weight excluding hydrogens is 393 g/mol. The molecule has 2 aromatic carbocycles. The summed E-state index contributed by atoms with van der Waals surface area (Å²) in [6, 6.07) is 13.6. The van der Waals surface area contributed by atoms with Crippen molar-refractivity contribution < 1.29 is 27.4 Å². The highest BCUT2D eigenvalue weighted by Gasteiger charge is 2.23. The van der Waals surface area contributed by atoms with Crippen molar-refractivity contribution in [2.75, 3.05) is 4.72 Å². The van der Waals surface area contributed by atoms with Crippen molar-refractivity contribution in [3.8, 4) is 15.5 Å². The number of benzene rings is 2. The van der Waals surface area contributed by atoms with Crippen LogP contribution in [0.25, 0.3) is 10.4 Å². The molecular formula is C18H14FNO5S2. The Hall–Kier alpha value is -2.91. The van der Waals surface area contributed by atoms with Crippen LogP contribution in [-0.2, 0) is 10.0 Å². The Morgan fingerprint density at radius 3 is 2.48 bits per heavy atom. The normalized spacial score (nSPS) is 11.2. The van der Waals surface area contributed by atoms with Gasteiger partial charge < -0.3 is 9.84 Å². The van der Waals surface area contributed by atoms with Crippen LogP contribution in [0.4, 0.5) is 14.9 Å². The molecule has 0 saturated carbocycles. The lowest BCUT2D eigenvalue weighted by molar-refractivity contribution is 0.146. The maximum absolute atomic E-state index is 14.0. The van der Waals surface area contributed by atoms with Gasteiger partial charge in [0.05, 0.1) is 4.90 Å². The van der Waals surface area contributed by atoms with Crippen LogP contribution in [0.15, 0.2) is 59.5 Å². The Bertz CT molecular complexity index is 1110. The van der Waals surface area contributed by atoms with E-state index in [1.54, 1.807) is 31.2 Å². The van der Waals surface area contributed by atoms with E-state index in [9.17, 15) is 17.6 Å². The SMILES string of the molecule is Cc1ccccc1S(=O)(=O)Nc1cc(-c2ccccc2F)sc1OC(=O)O. The molecule has 3 aromatic rings. The molecule has 6 nitrogen and oxygen atoms in total. The zero-order valence-electron chi connectivity index (χ0n) is 14.0. The predicted octanol–water partition coefficient (Wildman–Crippen LogP) is 4.72. The van der Waals surface area contributed by atoms with Gasteiger partial charge in [-0.3, -0.25) is 4.72 Å². The van der Waals surface area contributed by atoms with Gasteiger partial charge in [-0.25, -0.2) is 17.6 Å². The molecule has 0 aliphatic heterocycles. The molecule has 0 bridgehead atoms. The van der Waals surface area contributed by atoms with Crippen LogP contribution in [0.5, 0.6) is 5.06 Å². The summed E-state index contributed by atoms with van der Waals surface area (Å²) in [5.41, 5.74) is 0.651. The summed E-state index contributed by atoms with van der Waals surface area (Å²) in [6.45, 7) is 1.64. The summed E-state index contributed by atoms with van der Waals surface area (Å²) in [5.74, 6) is -0.520. The molecule has 2 N–H and O–H groups in total. The third-order valence-electron chi connectivity index (χ3n) is 3.64. The molecule has 9 heteroatoms. The Morgan fingerprint density at radius 2 is 1.81 bits per heavy atom. The zero-order valence-corrected chi connectivity index (χ0v) is 15.6. The smallest absolute Gasteiger partial charge is 0.449 e. The average molecular weight is 407 g/mol. The highest BCUT2D eigenvalue weighted by atomic mass is 32.2. The van der Waals surface area contributed by atoms with Gasteiger partial charge in [-0.1, -0.05) is 47.7 Å². The first kappa shape index (κ1) is 18.9. The molecule has 0 amide bonds. The fourth-order valence-corrected chi connectivity index (χ4v) is 4.80. The second kappa shape index (κ2) is 7.37. The fourth-order valence-electron chi connectivity index (χ4n) is 2.45. The molecule has 1 heterocycles. The quantitative estimate of drug-likeness (QED) is 0.597. The van der Waals surface area contributed by atoms with Crippen molar-refractivity contribution >= 4 is 33.2 Å². The van der Waals surface area contributed by atoms with Crippen LogP contribution in [0, 0.1) is 12.7 Å². The summed E-state index contributed by atoms with van der Waals surface area (Å²) in [5, 5.41) is 8.72. The van der Waals surface area contributed by atoms with Crippen LogP contribution in [-0.4, -0.2) is 19.7 Å². The van der Waals surface area contributed by atoms with E-state index < -0.39 is 22.0 Å². The molecule has 0 unspecified atom stereocenters. The van der Waals surface area contributed by atoms with Gasteiger partial charge in [-0.2, -0.15) is 0 Å². The van der Waals surface area contributed by atoms with Crippen molar-refractivity contribution in [1.29, 1.82) is 0 Å². The van der Waals surface area contributed by atoms with Crippen molar-refractivity contribution in [2.24, 2.45) is 0 Å². The molecule has 0 spiro atoms.